The molecule has 20 heteroatoms. The summed E-state index contributed by atoms with van der Waals surface area (Å²) in [7, 11) is 0. The van der Waals surface area contributed by atoms with E-state index in [2.05, 4.69) is 41.5 Å². The maximum Gasteiger partial charge on any atom is 0.314 e. The van der Waals surface area contributed by atoms with Gasteiger partial charge in [0.25, 0.3) is 11.8 Å². The first-order valence-electron chi connectivity index (χ1n) is 19.4. The van der Waals surface area contributed by atoms with Gasteiger partial charge in [-0.25, -0.2) is 0 Å². The summed E-state index contributed by atoms with van der Waals surface area (Å²) < 4.78 is 6.13. The molecule has 3 aromatic carbocycles. The van der Waals surface area contributed by atoms with Crippen LogP contribution < -0.4 is 65.4 Å². The molecule has 0 fully saturated rings. The van der Waals surface area contributed by atoms with E-state index in [4.69, 9.17) is 27.7 Å². The first kappa shape index (κ1) is 43.9. The van der Waals surface area contributed by atoms with Gasteiger partial charge in [-0.3, -0.25) is 38.6 Å². The van der Waals surface area contributed by atoms with E-state index in [0.717, 1.165) is 5.56 Å². The second kappa shape index (κ2) is 21.0. The van der Waals surface area contributed by atoms with Crippen molar-refractivity contribution in [2.45, 2.75) is 63.1 Å². The van der Waals surface area contributed by atoms with Gasteiger partial charge in [-0.1, -0.05) is 18.6 Å². The van der Waals surface area contributed by atoms with E-state index >= 15 is 0 Å². The Balaban J connectivity index is 1.19. The van der Waals surface area contributed by atoms with E-state index < -0.39 is 47.0 Å². The zero-order valence-corrected chi connectivity index (χ0v) is 32.8. The Kier molecular flexibility index (Phi) is 15.3. The number of carbonyl (C=O) groups is 5. The zero-order valence-electron chi connectivity index (χ0n) is 32.8. The van der Waals surface area contributed by atoms with Gasteiger partial charge in [0, 0.05) is 49.4 Å². The molecule has 0 aliphatic carbocycles. The normalized spacial score (nSPS) is 17.1. The van der Waals surface area contributed by atoms with Crippen molar-refractivity contribution in [3.05, 3.63) is 98.1 Å². The number of anilines is 2. The molecule has 1 aliphatic heterocycles. The summed E-state index contributed by atoms with van der Waals surface area (Å²) in [4.78, 5) is 98.1. The van der Waals surface area contributed by atoms with Crippen LogP contribution in [0.1, 0.15) is 64.8 Å². The van der Waals surface area contributed by atoms with Crippen LogP contribution in [0.15, 0.2) is 75.2 Å². The highest BCUT2D eigenvalue weighted by atomic mass is 16.5. The molecule has 0 saturated heterocycles. The van der Waals surface area contributed by atoms with E-state index in [1.807, 2.05) is 0 Å². The number of benzene rings is 3. The number of aromatic nitrogens is 2. The summed E-state index contributed by atoms with van der Waals surface area (Å²) in [5.41, 5.74) is 24.1. The topological polar surface area (TPSA) is 337 Å². The molecule has 5 amide bonds. The minimum Gasteiger partial charge on any atom is -0.491 e. The van der Waals surface area contributed by atoms with Gasteiger partial charge in [-0.2, -0.15) is 0 Å². The molecule has 2 heterocycles. The SMILES string of the molecule is NC(N)=NCCC[C@H]1COc2ccc(NC(=O)CCCCCNC(=O)c3ccc4[nH]c(=O)c(=O)[nH]c4c3)cc2C(=O)NC[C@@H](N)C(=O)N[C@@H](Cc2ccc(N)cc2)C(=O)N1. The summed E-state index contributed by atoms with van der Waals surface area (Å²) in [6.07, 6.45) is 2.88. The average molecular weight is 827 g/mol. The summed E-state index contributed by atoms with van der Waals surface area (Å²) in [6.45, 7) is 0.302. The molecule has 1 aromatic heterocycles. The van der Waals surface area contributed by atoms with E-state index in [1.165, 1.54) is 30.3 Å². The van der Waals surface area contributed by atoms with Gasteiger partial charge in [-0.05, 0) is 79.8 Å². The number of carbonyl (C=O) groups excluding carboxylic acids is 5. The minimum atomic E-state index is -1.21. The Morgan fingerprint density at radius 1 is 0.833 bits per heavy atom. The summed E-state index contributed by atoms with van der Waals surface area (Å²) in [6, 6.07) is 13.2. The highest BCUT2D eigenvalue weighted by Gasteiger charge is 2.28. The summed E-state index contributed by atoms with van der Waals surface area (Å²) in [5.74, 6) is -2.32. The number of unbranched alkanes of at least 4 members (excludes halogenated alkanes) is 2. The van der Waals surface area contributed by atoms with Crippen molar-refractivity contribution in [2.75, 3.05) is 37.3 Å². The molecule has 4 aromatic rings. The smallest absolute Gasteiger partial charge is 0.314 e. The van der Waals surface area contributed by atoms with Crippen LogP contribution in [0, 0.1) is 0 Å². The number of ether oxygens (including phenoxy) is 1. The highest BCUT2D eigenvalue weighted by Crippen LogP contribution is 2.24. The van der Waals surface area contributed by atoms with Crippen LogP contribution in [-0.4, -0.2) is 89.8 Å². The highest BCUT2D eigenvalue weighted by molar-refractivity contribution is 6.00. The molecular weight excluding hydrogens is 777 g/mol. The van der Waals surface area contributed by atoms with Crippen LogP contribution in [0.2, 0.25) is 0 Å². The Morgan fingerprint density at radius 3 is 2.33 bits per heavy atom. The lowest BCUT2D eigenvalue weighted by molar-refractivity contribution is -0.130. The molecule has 5 rings (SSSR count). The molecule has 1 aliphatic rings. The van der Waals surface area contributed by atoms with Gasteiger partial charge < -0.3 is 64.2 Å². The lowest BCUT2D eigenvalue weighted by Crippen LogP contribution is -2.56. The molecule has 3 atom stereocenters. The molecular formula is C40H50N12O8. The standard InChI is InChI=1S/C40H50N12O8/c41-24-10-7-22(8-11-24)17-31-37(57)49-26(5-4-16-46-40(43)44)21-60-32-14-12-25(19-27(32)35(55)47-20-28(42)36(56)52-31)48-33(53)6-2-1-3-15-45-34(54)23-9-13-29-30(18-23)51-39(59)38(58)50-29/h7-14,18-19,26,28,31H,1-6,15-17,20-21,41-42H2,(H,45,54)(H,47,55)(H,48,53)(H,49,57)(H,50,58)(H,51,59)(H,52,56)(H4,43,44,46)/t26-,28+,31-/m0/s1. The fourth-order valence-electron chi connectivity index (χ4n) is 6.29. The van der Waals surface area contributed by atoms with E-state index in [-0.39, 0.29) is 61.6 Å². The van der Waals surface area contributed by atoms with E-state index in [9.17, 15) is 33.6 Å². The zero-order chi connectivity index (χ0) is 43.2. The van der Waals surface area contributed by atoms with Crippen molar-refractivity contribution in [1.29, 1.82) is 0 Å². The third kappa shape index (κ3) is 12.9. The second-order valence-corrected chi connectivity index (χ2v) is 14.3. The number of nitrogens with two attached hydrogens (primary N) is 4. The number of guanidine groups is 1. The molecule has 15 N–H and O–H groups in total. The molecule has 60 heavy (non-hydrogen) atoms. The van der Waals surface area contributed by atoms with Crippen molar-refractivity contribution in [2.24, 2.45) is 22.2 Å². The maximum absolute atomic E-state index is 13.7. The van der Waals surface area contributed by atoms with Gasteiger partial charge >= 0.3 is 11.1 Å². The third-order valence-electron chi connectivity index (χ3n) is 9.52. The monoisotopic (exact) mass is 826 g/mol. The first-order valence-corrected chi connectivity index (χ1v) is 19.4. The molecule has 20 nitrogen and oxygen atoms in total. The van der Waals surface area contributed by atoms with E-state index in [0.29, 0.717) is 66.6 Å². The van der Waals surface area contributed by atoms with Crippen molar-refractivity contribution < 1.29 is 28.7 Å². The van der Waals surface area contributed by atoms with Crippen LogP contribution in [-0.2, 0) is 20.8 Å². The fourth-order valence-corrected chi connectivity index (χ4v) is 6.29. The van der Waals surface area contributed by atoms with Crippen molar-refractivity contribution in [1.82, 2.24) is 31.2 Å². The lowest BCUT2D eigenvalue weighted by atomic mass is 10.0. The van der Waals surface area contributed by atoms with Crippen LogP contribution in [0.3, 0.4) is 0 Å². The molecule has 0 unspecified atom stereocenters. The van der Waals surface area contributed by atoms with Crippen molar-refractivity contribution in [3.63, 3.8) is 0 Å². The third-order valence-corrected chi connectivity index (χ3v) is 9.52. The minimum absolute atomic E-state index is 0.0612. The number of H-pyrrole nitrogens is 2. The quantitative estimate of drug-likeness (QED) is 0.0251. The predicted molar refractivity (Wildman–Crippen MR) is 225 cm³/mol. The number of amides is 5. The van der Waals surface area contributed by atoms with Gasteiger partial charge in [0.1, 0.15) is 24.4 Å². The summed E-state index contributed by atoms with van der Waals surface area (Å²) in [5, 5.41) is 13.9. The van der Waals surface area contributed by atoms with Gasteiger partial charge in [-0.15, -0.1) is 0 Å². The fraction of sp³-hybridized carbons (Fsp3) is 0.350. The Bertz CT molecular complexity index is 2340. The maximum atomic E-state index is 13.7. The first-order chi connectivity index (χ1) is 28.7. The number of hydrogen-bond donors (Lipinski definition) is 11. The molecule has 0 saturated carbocycles. The van der Waals surface area contributed by atoms with Gasteiger partial charge in [0.2, 0.25) is 17.7 Å². The predicted octanol–water partition coefficient (Wildman–Crippen LogP) is -0.557. The molecule has 0 radical (unpaired) electrons. The number of fused-ring (bicyclic) bond motifs is 2. The van der Waals surface area contributed by atoms with Gasteiger partial charge in [0.15, 0.2) is 5.96 Å². The number of nitrogens with one attached hydrogen (secondary N) is 7. The number of aliphatic imine (C=N–C) groups is 1. The molecule has 318 valence electrons. The van der Waals surface area contributed by atoms with Crippen molar-refractivity contribution in [3.8, 4) is 5.75 Å². The summed E-state index contributed by atoms with van der Waals surface area (Å²) >= 11 is 0. The van der Waals surface area contributed by atoms with E-state index in [1.54, 1.807) is 30.3 Å². The second-order valence-electron chi connectivity index (χ2n) is 14.3. The molecule has 0 bridgehead atoms. The van der Waals surface area contributed by atoms with Crippen molar-refractivity contribution >= 4 is 57.9 Å². The van der Waals surface area contributed by atoms with Crippen LogP contribution >= 0.6 is 0 Å². The number of aromatic amines is 2. The Morgan fingerprint density at radius 2 is 1.58 bits per heavy atom. The van der Waals surface area contributed by atoms with Crippen LogP contribution in [0.5, 0.6) is 5.75 Å². The van der Waals surface area contributed by atoms with Crippen LogP contribution in [0.4, 0.5) is 11.4 Å². The number of rotatable bonds is 14. The largest absolute Gasteiger partial charge is 0.491 e. The Hall–Kier alpha value is -7.22. The van der Waals surface area contributed by atoms with Crippen LogP contribution in [0.25, 0.3) is 11.0 Å². The number of nitrogens with zero attached hydrogens (tertiary/aromatic N) is 1. The lowest BCUT2D eigenvalue weighted by Gasteiger charge is -2.26. The Labute approximate surface area is 343 Å². The average Bonchev–Trinajstić information content (AvgIpc) is 3.22. The van der Waals surface area contributed by atoms with Gasteiger partial charge in [0.05, 0.1) is 22.6 Å². The molecule has 0 spiro atoms. The number of nitrogen functional groups attached to an aromatic ring is 1. The number of hydrogen-bond acceptors (Lipinski definition) is 11.